The molecular formula is C98H86. The van der Waals surface area contributed by atoms with Crippen molar-refractivity contribution in [1.29, 1.82) is 0 Å². The van der Waals surface area contributed by atoms with E-state index < -0.39 is 0 Å². The van der Waals surface area contributed by atoms with Crippen LogP contribution >= 0.6 is 0 Å². The Kier molecular flexibility index (Phi) is 15.7. The van der Waals surface area contributed by atoms with Crippen LogP contribution < -0.4 is 0 Å². The van der Waals surface area contributed by atoms with E-state index in [1.807, 2.05) is 0 Å². The van der Waals surface area contributed by atoms with Gasteiger partial charge in [0.1, 0.15) is 0 Å². The van der Waals surface area contributed by atoms with Crippen LogP contribution in [0, 0.1) is 0 Å². The zero-order chi connectivity index (χ0) is 66.2. The monoisotopic (exact) mass is 1260 g/mol. The predicted octanol–water partition coefficient (Wildman–Crippen LogP) is 28.2. The third-order valence-electron chi connectivity index (χ3n) is 22.9. The third kappa shape index (κ3) is 9.59. The van der Waals surface area contributed by atoms with Gasteiger partial charge in [-0.1, -0.05) is 323 Å². The highest BCUT2D eigenvalue weighted by atomic mass is 14.5. The Bertz CT molecular complexity index is 5450. The first-order valence-corrected chi connectivity index (χ1v) is 36.9. The van der Waals surface area contributed by atoms with Crippen LogP contribution in [-0.4, -0.2) is 0 Å². The lowest BCUT2D eigenvalue weighted by atomic mass is 9.70. The van der Waals surface area contributed by atoms with Gasteiger partial charge in [-0.15, -0.1) is 0 Å². The topological polar surface area (TPSA) is 0 Å². The Morgan fingerprint density at radius 1 is 0.194 bits per heavy atom. The summed E-state index contributed by atoms with van der Waals surface area (Å²) in [6.45, 7) is 14.1. The van der Waals surface area contributed by atoms with Gasteiger partial charge >= 0.3 is 0 Å². The van der Waals surface area contributed by atoms with E-state index in [0.29, 0.717) is 0 Å². The van der Waals surface area contributed by atoms with Gasteiger partial charge in [-0.3, -0.25) is 0 Å². The lowest BCUT2D eigenvalue weighted by Crippen LogP contribution is -2.25. The van der Waals surface area contributed by atoms with Crippen LogP contribution in [0.25, 0.3) is 154 Å². The maximum absolute atomic E-state index is 2.65. The van der Waals surface area contributed by atoms with Crippen molar-refractivity contribution >= 4 is 64.6 Å². The Morgan fingerprint density at radius 2 is 0.398 bits per heavy atom. The number of aryl methyl sites for hydroxylation is 2. The molecule has 17 rings (SSSR count). The molecule has 0 saturated heterocycles. The van der Waals surface area contributed by atoms with Gasteiger partial charge < -0.3 is 0 Å². The summed E-state index contributed by atoms with van der Waals surface area (Å²) in [5, 5.41) is 15.5. The second-order valence-corrected chi connectivity index (χ2v) is 28.6. The van der Waals surface area contributed by atoms with Gasteiger partial charge in [0, 0.05) is 10.8 Å². The van der Waals surface area contributed by atoms with Gasteiger partial charge in [-0.05, 0) is 250 Å². The van der Waals surface area contributed by atoms with Gasteiger partial charge in [0.25, 0.3) is 0 Å². The maximum Gasteiger partial charge on any atom is 0.0215 e. The predicted molar refractivity (Wildman–Crippen MR) is 424 cm³/mol. The van der Waals surface area contributed by atoms with Gasteiger partial charge in [0.2, 0.25) is 0 Å². The molecule has 0 heterocycles. The molecule has 2 aliphatic rings. The minimum Gasteiger partial charge on any atom is -0.0653 e. The van der Waals surface area contributed by atoms with Crippen LogP contribution in [0.1, 0.15) is 139 Å². The number of fused-ring (bicyclic) bond motifs is 12. The molecule has 15 aromatic rings. The molecule has 0 N–H and O–H groups in total. The summed E-state index contributed by atoms with van der Waals surface area (Å²) >= 11 is 0. The maximum atomic E-state index is 2.65. The molecular weight excluding hydrogens is 1180 g/mol. The molecule has 0 heteroatoms. The fourth-order valence-corrected chi connectivity index (χ4v) is 19.1. The lowest BCUT2D eigenvalue weighted by molar-refractivity contribution is 0.435. The largest absolute Gasteiger partial charge is 0.0653 e. The highest BCUT2D eigenvalue weighted by molar-refractivity contribution is 6.30. The quantitative estimate of drug-likeness (QED) is 0.0751. The molecule has 0 bridgehead atoms. The van der Waals surface area contributed by atoms with Gasteiger partial charge in [0.05, 0.1) is 0 Å². The summed E-state index contributed by atoms with van der Waals surface area (Å²) in [5.41, 5.74) is 29.8. The standard InChI is InChI=1S/C98H86/c1-7-25-63-39-43-65(44-40-63)91-75-27-13-15-29-77(75)93(78-30-16-14-28-76(78)91)69-49-53-73-71-51-47-67(59-87(71)97(55-9-3,56-10-4)89(73)61-69)68-48-52-72-74-54-50-70(62-90(74)98(57-11-5,58-12-6)88(72)60-68)94-81-33-19-23-37-85(81)96(86-38-24-20-34-82(86)94)95-83-35-21-17-31-79(83)92(80-32-18-22-36-84(80)95)66-45-41-64(26-8-2)42-46-66/h13-24,27-54,59-62H,7-12,25-26,55-58H2,1-6H3. The summed E-state index contributed by atoms with van der Waals surface area (Å²) < 4.78 is 0. The highest BCUT2D eigenvalue weighted by Gasteiger charge is 2.45. The van der Waals surface area contributed by atoms with Crippen LogP contribution in [-0.2, 0) is 23.7 Å². The van der Waals surface area contributed by atoms with Crippen molar-refractivity contribution in [3.63, 3.8) is 0 Å². The van der Waals surface area contributed by atoms with E-state index in [0.717, 1.165) is 77.0 Å². The molecule has 0 saturated carbocycles. The third-order valence-corrected chi connectivity index (χ3v) is 22.9. The van der Waals surface area contributed by atoms with E-state index in [-0.39, 0.29) is 10.8 Å². The second kappa shape index (κ2) is 25.1. The number of rotatable bonds is 18. The van der Waals surface area contributed by atoms with E-state index in [4.69, 9.17) is 0 Å². The smallest absolute Gasteiger partial charge is 0.0215 e. The Labute approximate surface area is 579 Å². The van der Waals surface area contributed by atoms with Crippen LogP contribution in [0.2, 0.25) is 0 Å². The average molecular weight is 1260 g/mol. The fraction of sp³-hybridized carbons (Fsp3) is 0.204. The van der Waals surface area contributed by atoms with Crippen molar-refractivity contribution in [2.24, 2.45) is 0 Å². The summed E-state index contributed by atoms with van der Waals surface area (Å²) in [7, 11) is 0. The van der Waals surface area contributed by atoms with Crippen LogP contribution in [0.3, 0.4) is 0 Å². The molecule has 0 aliphatic heterocycles. The van der Waals surface area contributed by atoms with E-state index >= 15 is 0 Å². The first-order chi connectivity index (χ1) is 48.3. The summed E-state index contributed by atoms with van der Waals surface area (Å²) in [6, 6.07) is 104. The Hall–Kier alpha value is -10.1. The molecule has 0 nitrogen and oxygen atoms in total. The van der Waals surface area contributed by atoms with Crippen molar-refractivity contribution in [2.45, 2.75) is 129 Å². The van der Waals surface area contributed by atoms with Crippen LogP contribution in [0.15, 0.2) is 267 Å². The number of benzene rings is 15. The molecule has 2 aliphatic carbocycles. The van der Waals surface area contributed by atoms with Gasteiger partial charge in [-0.2, -0.15) is 0 Å². The molecule has 0 unspecified atom stereocenters. The molecule has 15 aromatic carbocycles. The van der Waals surface area contributed by atoms with Crippen LogP contribution in [0.5, 0.6) is 0 Å². The molecule has 0 spiro atoms. The van der Waals surface area contributed by atoms with E-state index in [2.05, 4.69) is 308 Å². The van der Waals surface area contributed by atoms with Crippen molar-refractivity contribution in [3.05, 3.63) is 300 Å². The molecule has 0 amide bonds. The summed E-state index contributed by atoms with van der Waals surface area (Å²) in [5.74, 6) is 0. The molecule has 0 atom stereocenters. The number of hydrogen-bond donors (Lipinski definition) is 0. The minimum atomic E-state index is -0.148. The molecule has 0 fully saturated rings. The van der Waals surface area contributed by atoms with E-state index in [1.54, 1.807) is 0 Å². The van der Waals surface area contributed by atoms with Crippen LogP contribution in [0.4, 0.5) is 0 Å². The normalized spacial score (nSPS) is 13.4. The Morgan fingerprint density at radius 3 is 0.633 bits per heavy atom. The zero-order valence-electron chi connectivity index (χ0n) is 57.9. The molecule has 98 heavy (non-hydrogen) atoms. The Balaban J connectivity index is 0.783. The molecule has 0 aromatic heterocycles. The van der Waals surface area contributed by atoms with E-state index in [9.17, 15) is 0 Å². The van der Waals surface area contributed by atoms with Crippen molar-refractivity contribution in [3.8, 4) is 89.0 Å². The van der Waals surface area contributed by atoms with Crippen molar-refractivity contribution in [1.82, 2.24) is 0 Å². The SMILES string of the molecule is CCCc1ccc(-c2c3ccccc3c(-c3ccc4c(c3)C(CCC)(CCC)c3cc(-c5ccc6c(c5)C(CCC)(CCC)c5cc(-c7c8ccccc8c(-c8c9ccccc9c(-c9ccc(CCC)cc9)c9ccccc89)c8ccccc78)ccc5-6)ccc3-4)c3ccccc23)cc1. The lowest BCUT2D eigenvalue weighted by Gasteiger charge is -2.33. The zero-order valence-corrected chi connectivity index (χ0v) is 57.9. The second-order valence-electron chi connectivity index (χ2n) is 28.6. The number of hydrogen-bond acceptors (Lipinski definition) is 0. The minimum absolute atomic E-state index is 0.122. The summed E-state index contributed by atoms with van der Waals surface area (Å²) in [4.78, 5) is 0. The van der Waals surface area contributed by atoms with Gasteiger partial charge in [-0.25, -0.2) is 0 Å². The molecule has 478 valence electrons. The fourth-order valence-electron chi connectivity index (χ4n) is 19.1. The van der Waals surface area contributed by atoms with E-state index in [1.165, 1.54) is 187 Å². The van der Waals surface area contributed by atoms with Crippen molar-refractivity contribution < 1.29 is 0 Å². The first kappa shape index (κ1) is 61.5. The summed E-state index contributed by atoms with van der Waals surface area (Å²) in [6.07, 6.45) is 13.3. The molecule has 0 radical (unpaired) electrons. The van der Waals surface area contributed by atoms with Crippen molar-refractivity contribution in [2.75, 3.05) is 0 Å². The first-order valence-electron chi connectivity index (χ1n) is 36.9. The van der Waals surface area contributed by atoms with Gasteiger partial charge in [0.15, 0.2) is 0 Å². The highest BCUT2D eigenvalue weighted by Crippen LogP contribution is 2.60. The average Bonchev–Trinajstić information content (AvgIpc) is 1.22.